The molecular weight excluding hydrogens is 225 g/mol. The minimum atomic E-state index is -4.73. The highest BCUT2D eigenvalue weighted by molar-refractivity contribution is 5.51. The number of carbonyl (C=O) groups is 1. The van der Waals surface area contributed by atoms with Crippen LogP contribution in [0.4, 0.5) is 13.2 Å². The molecule has 1 unspecified atom stereocenters. The van der Waals surface area contributed by atoms with Crippen molar-refractivity contribution in [1.29, 1.82) is 0 Å². The minimum Gasteiger partial charge on any atom is -0.406 e. The molecule has 16 heavy (non-hydrogen) atoms. The Morgan fingerprint density at radius 1 is 1.31 bits per heavy atom. The normalized spacial score (nSPS) is 13.2. The van der Waals surface area contributed by atoms with Crippen molar-refractivity contribution in [3.63, 3.8) is 0 Å². The second-order valence-electron chi connectivity index (χ2n) is 3.04. The first-order valence-corrected chi connectivity index (χ1v) is 4.40. The van der Waals surface area contributed by atoms with Crippen LogP contribution in [0.1, 0.15) is 18.1 Å². The molecule has 0 heterocycles. The zero-order valence-electron chi connectivity index (χ0n) is 8.07. The van der Waals surface area contributed by atoms with Gasteiger partial charge in [0.2, 0.25) is 0 Å². The van der Waals surface area contributed by atoms with Gasteiger partial charge in [0.15, 0.2) is 0 Å². The van der Waals surface area contributed by atoms with Gasteiger partial charge in [-0.3, -0.25) is 0 Å². The van der Waals surface area contributed by atoms with Gasteiger partial charge in [0.1, 0.15) is 12.0 Å². The molecule has 6 heteroatoms. The Labute approximate surface area is 89.5 Å². The smallest absolute Gasteiger partial charge is 0.406 e. The lowest BCUT2D eigenvalue weighted by Crippen LogP contribution is -2.17. The summed E-state index contributed by atoms with van der Waals surface area (Å²) in [7, 11) is 0. The van der Waals surface area contributed by atoms with E-state index in [9.17, 15) is 23.1 Å². The van der Waals surface area contributed by atoms with E-state index in [1.807, 2.05) is 0 Å². The SMILES string of the molecule is O=CCC(O)c1ccc(OC(F)(F)F)cc1. The summed E-state index contributed by atoms with van der Waals surface area (Å²) >= 11 is 0. The minimum absolute atomic E-state index is 0.0977. The number of aliphatic hydroxyl groups excluding tert-OH is 1. The molecule has 1 atom stereocenters. The summed E-state index contributed by atoms with van der Waals surface area (Å²) in [5, 5.41) is 9.35. The molecule has 0 saturated heterocycles. The van der Waals surface area contributed by atoms with Crippen molar-refractivity contribution in [1.82, 2.24) is 0 Å². The summed E-state index contributed by atoms with van der Waals surface area (Å²) in [5.41, 5.74) is 0.363. The van der Waals surface area contributed by atoms with Gasteiger partial charge in [-0.1, -0.05) is 12.1 Å². The summed E-state index contributed by atoms with van der Waals surface area (Å²) < 4.78 is 39.1. The summed E-state index contributed by atoms with van der Waals surface area (Å²) in [6.45, 7) is 0. The Balaban J connectivity index is 2.71. The quantitative estimate of drug-likeness (QED) is 0.812. The highest BCUT2D eigenvalue weighted by Crippen LogP contribution is 2.24. The van der Waals surface area contributed by atoms with Gasteiger partial charge in [0.25, 0.3) is 0 Å². The predicted molar refractivity (Wildman–Crippen MR) is 48.8 cm³/mol. The number of hydrogen-bond donors (Lipinski definition) is 1. The number of benzene rings is 1. The maximum Gasteiger partial charge on any atom is 0.573 e. The number of rotatable bonds is 4. The van der Waals surface area contributed by atoms with Crippen LogP contribution in [0.15, 0.2) is 24.3 Å². The van der Waals surface area contributed by atoms with Crippen LogP contribution < -0.4 is 4.74 Å². The first kappa shape index (κ1) is 12.5. The predicted octanol–water partition coefficient (Wildman–Crippen LogP) is 2.21. The van der Waals surface area contributed by atoms with Crippen molar-refractivity contribution in [2.24, 2.45) is 0 Å². The Hall–Kier alpha value is -1.56. The molecule has 0 fully saturated rings. The molecule has 0 aliphatic rings. The second kappa shape index (κ2) is 4.98. The van der Waals surface area contributed by atoms with Crippen LogP contribution in [-0.4, -0.2) is 17.8 Å². The third-order valence-corrected chi connectivity index (χ3v) is 1.82. The Bertz CT molecular complexity index is 345. The average Bonchev–Trinajstić information content (AvgIpc) is 2.16. The zero-order chi connectivity index (χ0) is 12.2. The van der Waals surface area contributed by atoms with Gasteiger partial charge in [0.05, 0.1) is 6.10 Å². The van der Waals surface area contributed by atoms with Gasteiger partial charge in [-0.2, -0.15) is 0 Å². The van der Waals surface area contributed by atoms with Crippen LogP contribution >= 0.6 is 0 Å². The molecule has 3 nitrogen and oxygen atoms in total. The number of aliphatic hydroxyl groups is 1. The van der Waals surface area contributed by atoms with E-state index < -0.39 is 12.5 Å². The lowest BCUT2D eigenvalue weighted by atomic mass is 10.1. The number of aldehydes is 1. The van der Waals surface area contributed by atoms with Crippen LogP contribution in [0, 0.1) is 0 Å². The monoisotopic (exact) mass is 234 g/mol. The van der Waals surface area contributed by atoms with Crippen LogP contribution in [0.3, 0.4) is 0 Å². The van der Waals surface area contributed by atoms with Crippen molar-refractivity contribution in [2.45, 2.75) is 18.9 Å². The molecule has 88 valence electrons. The highest BCUT2D eigenvalue weighted by atomic mass is 19.4. The molecule has 0 bridgehead atoms. The molecule has 0 amide bonds. The summed E-state index contributed by atoms with van der Waals surface area (Å²) in [4.78, 5) is 10.1. The molecule has 0 radical (unpaired) electrons. The van der Waals surface area contributed by atoms with E-state index in [1.165, 1.54) is 12.1 Å². The van der Waals surface area contributed by atoms with E-state index in [-0.39, 0.29) is 12.2 Å². The molecule has 1 N–H and O–H groups in total. The van der Waals surface area contributed by atoms with Gasteiger partial charge in [0, 0.05) is 6.42 Å². The third-order valence-electron chi connectivity index (χ3n) is 1.82. The molecule has 0 spiro atoms. The van der Waals surface area contributed by atoms with Gasteiger partial charge in [-0.25, -0.2) is 0 Å². The molecule has 1 aromatic rings. The maximum absolute atomic E-state index is 11.8. The molecule has 0 aliphatic carbocycles. The lowest BCUT2D eigenvalue weighted by Gasteiger charge is -2.11. The molecule has 1 rings (SSSR count). The fourth-order valence-electron chi connectivity index (χ4n) is 1.12. The standard InChI is InChI=1S/C10H9F3O3/c11-10(12,13)16-8-3-1-7(2-4-8)9(15)5-6-14/h1-4,6,9,15H,5H2. The molecule has 1 aromatic carbocycles. The van der Waals surface area contributed by atoms with Crippen molar-refractivity contribution in [3.8, 4) is 5.75 Å². The number of ether oxygens (including phenoxy) is 1. The Kier molecular flexibility index (Phi) is 3.89. The van der Waals surface area contributed by atoms with Crippen LogP contribution in [0.25, 0.3) is 0 Å². The van der Waals surface area contributed by atoms with E-state index in [0.717, 1.165) is 12.1 Å². The van der Waals surface area contributed by atoms with E-state index >= 15 is 0 Å². The van der Waals surface area contributed by atoms with Crippen molar-refractivity contribution in [3.05, 3.63) is 29.8 Å². The van der Waals surface area contributed by atoms with E-state index in [4.69, 9.17) is 0 Å². The number of hydrogen-bond acceptors (Lipinski definition) is 3. The Morgan fingerprint density at radius 3 is 2.31 bits per heavy atom. The molecule has 0 aromatic heterocycles. The molecule has 0 saturated carbocycles. The Morgan fingerprint density at radius 2 is 1.88 bits per heavy atom. The highest BCUT2D eigenvalue weighted by Gasteiger charge is 2.30. The molecule has 0 aliphatic heterocycles. The molecular formula is C10H9F3O3. The van der Waals surface area contributed by atoms with Crippen LogP contribution in [0.5, 0.6) is 5.75 Å². The number of carbonyl (C=O) groups excluding carboxylic acids is 1. The van der Waals surface area contributed by atoms with E-state index in [0.29, 0.717) is 11.8 Å². The fourth-order valence-corrected chi connectivity index (χ4v) is 1.12. The third kappa shape index (κ3) is 3.90. The first-order valence-electron chi connectivity index (χ1n) is 4.40. The maximum atomic E-state index is 11.8. The summed E-state index contributed by atoms with van der Waals surface area (Å²) in [5.74, 6) is -0.366. The lowest BCUT2D eigenvalue weighted by molar-refractivity contribution is -0.274. The fraction of sp³-hybridized carbons (Fsp3) is 0.300. The van der Waals surface area contributed by atoms with E-state index in [2.05, 4.69) is 4.74 Å². The summed E-state index contributed by atoms with van der Waals surface area (Å²) in [6, 6.07) is 4.71. The van der Waals surface area contributed by atoms with E-state index in [1.54, 1.807) is 0 Å². The average molecular weight is 234 g/mol. The zero-order valence-corrected chi connectivity index (χ0v) is 8.07. The van der Waals surface area contributed by atoms with Crippen LogP contribution in [-0.2, 0) is 4.79 Å². The van der Waals surface area contributed by atoms with Crippen LogP contribution in [0.2, 0.25) is 0 Å². The van der Waals surface area contributed by atoms with Gasteiger partial charge >= 0.3 is 6.36 Å². The van der Waals surface area contributed by atoms with Gasteiger partial charge < -0.3 is 14.6 Å². The first-order chi connectivity index (χ1) is 7.42. The van der Waals surface area contributed by atoms with Gasteiger partial charge in [-0.15, -0.1) is 13.2 Å². The topological polar surface area (TPSA) is 46.5 Å². The van der Waals surface area contributed by atoms with Crippen molar-refractivity contribution in [2.75, 3.05) is 0 Å². The van der Waals surface area contributed by atoms with Crippen molar-refractivity contribution >= 4 is 6.29 Å². The second-order valence-corrected chi connectivity index (χ2v) is 3.04. The number of alkyl halides is 3. The number of halogens is 3. The largest absolute Gasteiger partial charge is 0.573 e. The van der Waals surface area contributed by atoms with Gasteiger partial charge in [-0.05, 0) is 17.7 Å². The summed E-state index contributed by atoms with van der Waals surface area (Å²) in [6.07, 6.45) is -5.30. The van der Waals surface area contributed by atoms with Crippen molar-refractivity contribution < 1.29 is 27.8 Å².